The molecule has 1 atom stereocenters. The summed E-state index contributed by atoms with van der Waals surface area (Å²) in [6.45, 7) is 9.01. The molecule has 1 N–H and O–H groups in total. The lowest BCUT2D eigenvalue weighted by Gasteiger charge is -2.11. The summed E-state index contributed by atoms with van der Waals surface area (Å²) in [4.78, 5) is 12.4. The monoisotopic (exact) mass is 436 g/mol. The Bertz CT molecular complexity index is 987. The van der Waals surface area contributed by atoms with Crippen molar-refractivity contribution < 1.29 is 9.53 Å². The van der Waals surface area contributed by atoms with Crippen LogP contribution in [0.25, 0.3) is 0 Å². The highest BCUT2D eigenvalue weighted by molar-refractivity contribution is 7.99. The number of amides is 1. The van der Waals surface area contributed by atoms with Gasteiger partial charge in [0.25, 0.3) is 0 Å². The van der Waals surface area contributed by atoms with E-state index in [9.17, 15) is 4.79 Å². The van der Waals surface area contributed by atoms with Gasteiger partial charge in [-0.3, -0.25) is 9.36 Å². The standard InChI is InChI=1S/C24H28N4O2S/c1-4-15-28-22(16-30-21-9-7-6-8-10-21)26-27-24(28)31-17-23(29)25-20-13-11-19(12-14-20)18(3)5-2/h4,6-14,18H,1,5,15-17H2,2-3H3,(H,25,29)/t18-/m0/s1. The fraction of sp³-hybridized carbons (Fsp3) is 0.292. The molecule has 0 bridgehead atoms. The van der Waals surface area contributed by atoms with Gasteiger partial charge in [0.05, 0.1) is 5.75 Å². The zero-order chi connectivity index (χ0) is 22.1. The second kappa shape index (κ2) is 11.4. The number of allylic oxidation sites excluding steroid dienone is 1. The van der Waals surface area contributed by atoms with Crippen molar-refractivity contribution in [2.45, 2.75) is 44.5 Å². The maximum absolute atomic E-state index is 12.4. The third-order valence-electron chi connectivity index (χ3n) is 4.92. The number of hydrogen-bond acceptors (Lipinski definition) is 5. The van der Waals surface area contributed by atoms with Crippen molar-refractivity contribution in [2.24, 2.45) is 0 Å². The highest BCUT2D eigenvalue weighted by Gasteiger charge is 2.14. The molecule has 0 aliphatic carbocycles. The first-order valence-corrected chi connectivity index (χ1v) is 11.3. The van der Waals surface area contributed by atoms with E-state index >= 15 is 0 Å². The predicted octanol–water partition coefficient (Wildman–Crippen LogP) is 5.29. The highest BCUT2D eigenvalue weighted by atomic mass is 32.2. The molecule has 0 saturated heterocycles. The van der Waals surface area contributed by atoms with Crippen molar-refractivity contribution in [3.8, 4) is 5.75 Å². The largest absolute Gasteiger partial charge is 0.486 e. The molecule has 31 heavy (non-hydrogen) atoms. The molecule has 6 nitrogen and oxygen atoms in total. The smallest absolute Gasteiger partial charge is 0.234 e. The third-order valence-corrected chi connectivity index (χ3v) is 5.89. The molecule has 0 unspecified atom stereocenters. The summed E-state index contributed by atoms with van der Waals surface area (Å²) in [5, 5.41) is 12.1. The van der Waals surface area contributed by atoms with E-state index in [0.29, 0.717) is 30.1 Å². The van der Waals surface area contributed by atoms with Gasteiger partial charge >= 0.3 is 0 Å². The van der Waals surface area contributed by atoms with Crippen LogP contribution in [0.1, 0.15) is 37.6 Å². The van der Waals surface area contributed by atoms with Crippen molar-refractivity contribution >= 4 is 23.4 Å². The van der Waals surface area contributed by atoms with Crippen LogP contribution in [0, 0.1) is 0 Å². The Morgan fingerprint density at radius 2 is 1.94 bits per heavy atom. The second-order valence-electron chi connectivity index (χ2n) is 7.17. The van der Waals surface area contributed by atoms with E-state index in [-0.39, 0.29) is 11.7 Å². The summed E-state index contributed by atoms with van der Waals surface area (Å²) >= 11 is 1.34. The fourth-order valence-electron chi connectivity index (χ4n) is 2.97. The molecule has 1 aromatic heterocycles. The van der Waals surface area contributed by atoms with Gasteiger partial charge in [-0.25, -0.2) is 0 Å². The molecular weight excluding hydrogens is 408 g/mol. The number of ether oxygens (including phenoxy) is 1. The van der Waals surface area contributed by atoms with Gasteiger partial charge in [0.2, 0.25) is 5.91 Å². The minimum atomic E-state index is -0.0865. The number of benzene rings is 2. The number of anilines is 1. The number of carbonyl (C=O) groups is 1. The molecule has 2 aromatic carbocycles. The van der Waals surface area contributed by atoms with Crippen LogP contribution >= 0.6 is 11.8 Å². The fourth-order valence-corrected chi connectivity index (χ4v) is 3.73. The van der Waals surface area contributed by atoms with Gasteiger partial charge in [0, 0.05) is 12.2 Å². The summed E-state index contributed by atoms with van der Waals surface area (Å²) in [7, 11) is 0. The third kappa shape index (κ3) is 6.46. The van der Waals surface area contributed by atoms with Crippen LogP contribution in [0.15, 0.2) is 72.4 Å². The second-order valence-corrected chi connectivity index (χ2v) is 8.11. The van der Waals surface area contributed by atoms with Crippen LogP contribution in [0.5, 0.6) is 5.75 Å². The molecule has 3 rings (SSSR count). The van der Waals surface area contributed by atoms with E-state index in [4.69, 9.17) is 4.74 Å². The average Bonchev–Trinajstić information content (AvgIpc) is 3.18. The van der Waals surface area contributed by atoms with Crippen LogP contribution in [0.2, 0.25) is 0 Å². The first-order chi connectivity index (χ1) is 15.1. The van der Waals surface area contributed by atoms with E-state index < -0.39 is 0 Å². The maximum Gasteiger partial charge on any atom is 0.234 e. The molecule has 3 aromatic rings. The van der Waals surface area contributed by atoms with Crippen molar-refractivity contribution in [2.75, 3.05) is 11.1 Å². The summed E-state index contributed by atoms with van der Waals surface area (Å²) in [5.74, 6) is 2.12. The molecule has 0 aliphatic heterocycles. The Hall–Kier alpha value is -3.06. The predicted molar refractivity (Wildman–Crippen MR) is 125 cm³/mol. The Labute approximate surface area is 187 Å². The summed E-state index contributed by atoms with van der Waals surface area (Å²) in [5.41, 5.74) is 2.07. The summed E-state index contributed by atoms with van der Waals surface area (Å²) < 4.78 is 7.70. The van der Waals surface area contributed by atoms with Crippen LogP contribution in [0.4, 0.5) is 5.69 Å². The van der Waals surface area contributed by atoms with Gasteiger partial charge in [0.15, 0.2) is 11.0 Å². The molecule has 7 heteroatoms. The van der Waals surface area contributed by atoms with E-state index in [1.807, 2.05) is 47.0 Å². The first-order valence-electron chi connectivity index (χ1n) is 10.3. The summed E-state index contributed by atoms with van der Waals surface area (Å²) in [6, 6.07) is 17.6. The molecule has 0 spiro atoms. The van der Waals surface area contributed by atoms with Gasteiger partial charge in [-0.2, -0.15) is 0 Å². The average molecular weight is 437 g/mol. The van der Waals surface area contributed by atoms with Crippen molar-refractivity contribution in [1.29, 1.82) is 0 Å². The van der Waals surface area contributed by atoms with Gasteiger partial charge in [-0.15, -0.1) is 16.8 Å². The van der Waals surface area contributed by atoms with Gasteiger partial charge in [-0.1, -0.05) is 62.0 Å². The number of rotatable bonds is 11. The minimum absolute atomic E-state index is 0.0865. The SMILES string of the molecule is C=CCn1c(COc2ccccc2)nnc1SCC(=O)Nc1ccc([C@@H](C)CC)cc1. The number of nitrogens with one attached hydrogen (secondary N) is 1. The van der Waals surface area contributed by atoms with Gasteiger partial charge in [-0.05, 0) is 42.2 Å². The van der Waals surface area contributed by atoms with Crippen molar-refractivity contribution in [3.05, 3.63) is 78.6 Å². The Balaban J connectivity index is 1.57. The Morgan fingerprint density at radius 1 is 1.19 bits per heavy atom. The quantitative estimate of drug-likeness (QED) is 0.327. The molecule has 1 amide bonds. The number of aromatic nitrogens is 3. The van der Waals surface area contributed by atoms with E-state index in [1.54, 1.807) is 6.08 Å². The molecule has 0 saturated carbocycles. The first kappa shape index (κ1) is 22.6. The lowest BCUT2D eigenvalue weighted by atomic mass is 9.99. The zero-order valence-electron chi connectivity index (χ0n) is 18.0. The molecule has 0 fully saturated rings. The number of para-hydroxylation sites is 1. The number of hydrogen-bond donors (Lipinski definition) is 1. The number of carbonyl (C=O) groups excluding carboxylic acids is 1. The minimum Gasteiger partial charge on any atom is -0.486 e. The van der Waals surface area contributed by atoms with Crippen molar-refractivity contribution in [1.82, 2.24) is 14.8 Å². The molecular formula is C24H28N4O2S. The summed E-state index contributed by atoms with van der Waals surface area (Å²) in [6.07, 6.45) is 2.87. The lowest BCUT2D eigenvalue weighted by Crippen LogP contribution is -2.15. The van der Waals surface area contributed by atoms with Gasteiger partial charge in [0.1, 0.15) is 12.4 Å². The van der Waals surface area contributed by atoms with Gasteiger partial charge < -0.3 is 10.1 Å². The lowest BCUT2D eigenvalue weighted by molar-refractivity contribution is -0.113. The molecule has 0 radical (unpaired) electrons. The van der Waals surface area contributed by atoms with E-state index in [1.165, 1.54) is 17.3 Å². The Morgan fingerprint density at radius 3 is 2.61 bits per heavy atom. The topological polar surface area (TPSA) is 69.0 Å². The van der Waals surface area contributed by atoms with Crippen molar-refractivity contribution in [3.63, 3.8) is 0 Å². The maximum atomic E-state index is 12.4. The zero-order valence-corrected chi connectivity index (χ0v) is 18.8. The molecule has 0 aliphatic rings. The molecule has 1 heterocycles. The molecule has 162 valence electrons. The van der Waals surface area contributed by atoms with Crippen LogP contribution in [0.3, 0.4) is 0 Å². The van der Waals surface area contributed by atoms with Crippen LogP contribution in [-0.2, 0) is 17.9 Å². The number of nitrogens with zero attached hydrogens (tertiary/aromatic N) is 3. The van der Waals surface area contributed by atoms with Crippen LogP contribution in [-0.4, -0.2) is 26.4 Å². The highest BCUT2D eigenvalue weighted by Crippen LogP contribution is 2.22. The normalized spacial score (nSPS) is 11.7. The van der Waals surface area contributed by atoms with Crippen LogP contribution < -0.4 is 10.1 Å². The Kier molecular flexibility index (Phi) is 8.29. The number of thioether (sulfide) groups is 1. The van der Waals surface area contributed by atoms with E-state index in [2.05, 4.69) is 48.1 Å². The van der Waals surface area contributed by atoms with E-state index in [0.717, 1.165) is 17.9 Å².